The second-order valence-corrected chi connectivity index (χ2v) is 7.19. The van der Waals surface area contributed by atoms with Crippen LogP contribution in [0.4, 0.5) is 8.78 Å². The summed E-state index contributed by atoms with van der Waals surface area (Å²) in [5, 5.41) is 0. The van der Waals surface area contributed by atoms with Crippen molar-refractivity contribution in [2.24, 2.45) is 5.92 Å². The summed E-state index contributed by atoms with van der Waals surface area (Å²) in [7, 11) is -4.07. The molecule has 5 nitrogen and oxygen atoms in total. The molecule has 1 aliphatic carbocycles. The van der Waals surface area contributed by atoms with Gasteiger partial charge in [0.25, 0.3) is 0 Å². The molecular weight excluding hydrogens is 300 g/mol. The first-order valence-corrected chi connectivity index (χ1v) is 8.42. The quantitative estimate of drug-likeness (QED) is 0.774. The number of hydrazine groups is 1. The van der Waals surface area contributed by atoms with E-state index in [4.69, 9.17) is 0 Å². The minimum Gasteiger partial charge on any atom is -0.257 e. The second-order valence-electron chi connectivity index (χ2n) is 5.51. The minimum atomic E-state index is -4.07. The Balaban J connectivity index is 1.84. The van der Waals surface area contributed by atoms with E-state index in [2.05, 4.69) is 15.6 Å². The lowest BCUT2D eigenvalue weighted by molar-refractivity contribution is 0.276. The molecule has 3 rings (SSSR count). The molecule has 1 saturated heterocycles. The van der Waals surface area contributed by atoms with Crippen molar-refractivity contribution >= 4 is 10.0 Å². The van der Waals surface area contributed by atoms with Gasteiger partial charge in [0.05, 0.1) is 0 Å². The molecule has 3 N–H and O–H groups in total. The van der Waals surface area contributed by atoms with Crippen LogP contribution in [0.15, 0.2) is 23.1 Å². The van der Waals surface area contributed by atoms with Gasteiger partial charge in [0, 0.05) is 24.5 Å². The van der Waals surface area contributed by atoms with Gasteiger partial charge in [-0.3, -0.25) is 10.9 Å². The zero-order chi connectivity index (χ0) is 15.0. The maximum absolute atomic E-state index is 13.7. The predicted molar refractivity (Wildman–Crippen MR) is 72.7 cm³/mol. The Morgan fingerprint density at radius 2 is 2.05 bits per heavy atom. The van der Waals surface area contributed by atoms with E-state index >= 15 is 0 Å². The molecule has 2 fully saturated rings. The Bertz CT molecular complexity index is 638. The van der Waals surface area contributed by atoms with Gasteiger partial charge in [-0.1, -0.05) is 12.5 Å². The van der Waals surface area contributed by atoms with E-state index in [1.54, 1.807) is 0 Å². The highest BCUT2D eigenvalue weighted by molar-refractivity contribution is 7.89. The van der Waals surface area contributed by atoms with Crippen LogP contribution in [0.5, 0.6) is 0 Å². The zero-order valence-corrected chi connectivity index (χ0v) is 12.1. The van der Waals surface area contributed by atoms with Crippen molar-refractivity contribution in [3.63, 3.8) is 0 Å². The lowest BCUT2D eigenvalue weighted by atomic mass is 9.82. The largest absolute Gasteiger partial charge is 0.257 e. The van der Waals surface area contributed by atoms with Crippen LogP contribution in [0.2, 0.25) is 0 Å². The number of hydrogen-bond donors (Lipinski definition) is 3. The first-order valence-electron chi connectivity index (χ1n) is 6.94. The topological polar surface area (TPSA) is 70.2 Å². The van der Waals surface area contributed by atoms with Crippen LogP contribution in [0, 0.1) is 17.6 Å². The van der Waals surface area contributed by atoms with Crippen LogP contribution >= 0.6 is 0 Å². The van der Waals surface area contributed by atoms with Gasteiger partial charge in [-0.15, -0.1) is 0 Å². The molecule has 0 aromatic heterocycles. The maximum atomic E-state index is 13.7. The third-order valence-electron chi connectivity index (χ3n) is 4.20. The van der Waals surface area contributed by atoms with E-state index in [1.807, 2.05) is 0 Å². The third-order valence-corrected chi connectivity index (χ3v) is 5.71. The minimum absolute atomic E-state index is 0.116. The van der Waals surface area contributed by atoms with Crippen LogP contribution in [0.3, 0.4) is 0 Å². The van der Waals surface area contributed by atoms with Crippen LogP contribution in [-0.2, 0) is 10.0 Å². The van der Waals surface area contributed by atoms with Crippen LogP contribution in [-0.4, -0.2) is 27.0 Å². The highest BCUT2D eigenvalue weighted by Gasteiger charge is 2.39. The maximum Gasteiger partial charge on any atom is 0.243 e. The predicted octanol–water partition coefficient (Wildman–Crippen LogP) is 0.888. The molecule has 0 amide bonds. The van der Waals surface area contributed by atoms with Gasteiger partial charge in [0.15, 0.2) is 11.6 Å². The standard InChI is InChI=1S/C13H17F2N3O2S/c14-9-3-1-6-12(13(9)15)21(19,20)18-11-5-2-4-10-8(11)7-16-17-10/h1,3,6,8,10-11,16-18H,2,4-5,7H2. The van der Waals surface area contributed by atoms with Gasteiger partial charge in [-0.2, -0.15) is 0 Å². The zero-order valence-electron chi connectivity index (χ0n) is 11.3. The summed E-state index contributed by atoms with van der Waals surface area (Å²) in [5.74, 6) is -2.38. The molecule has 1 heterocycles. The van der Waals surface area contributed by atoms with Gasteiger partial charge >= 0.3 is 0 Å². The van der Waals surface area contributed by atoms with Crippen molar-refractivity contribution in [1.82, 2.24) is 15.6 Å². The number of halogens is 2. The highest BCUT2D eigenvalue weighted by atomic mass is 32.2. The third kappa shape index (κ3) is 2.80. The van der Waals surface area contributed by atoms with Gasteiger partial charge in [-0.25, -0.2) is 21.9 Å². The van der Waals surface area contributed by atoms with Crippen LogP contribution < -0.4 is 15.6 Å². The number of rotatable bonds is 3. The molecule has 21 heavy (non-hydrogen) atoms. The fourth-order valence-electron chi connectivity index (χ4n) is 3.14. The summed E-state index contributed by atoms with van der Waals surface area (Å²) < 4.78 is 54.1. The van der Waals surface area contributed by atoms with Crippen molar-refractivity contribution in [2.45, 2.75) is 36.2 Å². The summed E-state index contributed by atoms with van der Waals surface area (Å²) in [6, 6.07) is 3.10. The first-order chi connectivity index (χ1) is 9.99. The summed E-state index contributed by atoms with van der Waals surface area (Å²) in [5.41, 5.74) is 6.14. The molecule has 3 unspecified atom stereocenters. The van der Waals surface area contributed by atoms with Crippen molar-refractivity contribution in [3.05, 3.63) is 29.8 Å². The normalized spacial score (nSPS) is 29.3. The number of nitrogens with one attached hydrogen (secondary N) is 3. The Morgan fingerprint density at radius 1 is 1.24 bits per heavy atom. The molecule has 3 atom stereocenters. The average Bonchev–Trinajstić information content (AvgIpc) is 2.91. The number of fused-ring (bicyclic) bond motifs is 1. The monoisotopic (exact) mass is 317 g/mol. The fourth-order valence-corrected chi connectivity index (χ4v) is 4.55. The van der Waals surface area contributed by atoms with E-state index in [1.165, 1.54) is 6.07 Å². The summed E-state index contributed by atoms with van der Waals surface area (Å²) in [6.07, 6.45) is 2.56. The summed E-state index contributed by atoms with van der Waals surface area (Å²) in [6.45, 7) is 0.656. The molecule has 1 saturated carbocycles. The van der Waals surface area contributed by atoms with Crippen LogP contribution in [0.25, 0.3) is 0 Å². The number of benzene rings is 1. The van der Waals surface area contributed by atoms with Crippen molar-refractivity contribution in [1.29, 1.82) is 0 Å². The molecule has 1 aromatic rings. The van der Waals surface area contributed by atoms with E-state index in [0.717, 1.165) is 25.0 Å². The lowest BCUT2D eigenvalue weighted by Crippen LogP contribution is -2.48. The molecular formula is C13H17F2N3O2S. The Labute approximate surface area is 122 Å². The molecule has 2 aliphatic rings. The summed E-state index contributed by atoms with van der Waals surface area (Å²) in [4.78, 5) is -0.636. The van der Waals surface area contributed by atoms with E-state index in [-0.39, 0.29) is 18.0 Å². The SMILES string of the molecule is O=S(=O)(NC1CCCC2NNCC21)c1cccc(F)c1F. The Kier molecular flexibility index (Phi) is 3.96. The molecule has 1 aromatic carbocycles. The van der Waals surface area contributed by atoms with Gasteiger partial charge in [0.2, 0.25) is 10.0 Å². The number of sulfonamides is 1. The molecule has 1 aliphatic heterocycles. The molecule has 0 radical (unpaired) electrons. The van der Waals surface area contributed by atoms with Gasteiger partial charge in [0.1, 0.15) is 4.90 Å². The van der Waals surface area contributed by atoms with E-state index in [9.17, 15) is 17.2 Å². The van der Waals surface area contributed by atoms with Crippen molar-refractivity contribution in [3.8, 4) is 0 Å². The smallest absolute Gasteiger partial charge is 0.243 e. The van der Waals surface area contributed by atoms with Crippen LogP contribution in [0.1, 0.15) is 19.3 Å². The first kappa shape index (κ1) is 14.8. The lowest BCUT2D eigenvalue weighted by Gasteiger charge is -2.32. The Hall–Kier alpha value is -1.09. The summed E-state index contributed by atoms with van der Waals surface area (Å²) >= 11 is 0. The van der Waals surface area contributed by atoms with Crippen molar-refractivity contribution < 1.29 is 17.2 Å². The van der Waals surface area contributed by atoms with E-state index < -0.39 is 26.6 Å². The molecule has 116 valence electrons. The molecule has 0 bridgehead atoms. The second kappa shape index (κ2) is 5.60. The molecule has 0 spiro atoms. The number of hydrogen-bond acceptors (Lipinski definition) is 4. The van der Waals surface area contributed by atoms with Gasteiger partial charge < -0.3 is 0 Å². The fraction of sp³-hybridized carbons (Fsp3) is 0.538. The average molecular weight is 317 g/mol. The van der Waals surface area contributed by atoms with E-state index in [0.29, 0.717) is 13.0 Å². The molecule has 8 heteroatoms. The van der Waals surface area contributed by atoms with Gasteiger partial charge in [-0.05, 0) is 25.0 Å². The Morgan fingerprint density at radius 3 is 2.86 bits per heavy atom. The van der Waals surface area contributed by atoms with Crippen molar-refractivity contribution in [2.75, 3.05) is 6.54 Å². The highest BCUT2D eigenvalue weighted by Crippen LogP contribution is 2.28.